The maximum absolute atomic E-state index is 12.7. The molecule has 0 bridgehead atoms. The number of rotatable bonds is 9. The van der Waals surface area contributed by atoms with Crippen molar-refractivity contribution in [2.24, 2.45) is 10.9 Å². The molecule has 1 atom stereocenters. The second kappa shape index (κ2) is 11.8. The minimum absolute atomic E-state index is 0.0384. The second-order valence-corrected chi connectivity index (χ2v) is 7.56. The zero-order valence-electron chi connectivity index (χ0n) is 17.5. The van der Waals surface area contributed by atoms with Crippen LogP contribution in [-0.4, -0.2) is 64.5 Å². The molecule has 7 nitrogen and oxygen atoms in total. The van der Waals surface area contributed by atoms with Crippen molar-refractivity contribution in [1.82, 2.24) is 10.6 Å². The number of nitrogens with zero attached hydrogens (tertiary/aromatic N) is 2. The first-order chi connectivity index (χ1) is 14.3. The van der Waals surface area contributed by atoms with Crippen LogP contribution in [0.5, 0.6) is 0 Å². The molecule has 1 amide bonds. The Balaban J connectivity index is 1.41. The molecule has 2 heterocycles. The first kappa shape index (κ1) is 21.6. The van der Waals surface area contributed by atoms with E-state index < -0.39 is 0 Å². The van der Waals surface area contributed by atoms with E-state index in [1.807, 2.05) is 30.0 Å². The van der Waals surface area contributed by atoms with Crippen molar-refractivity contribution in [3.8, 4) is 0 Å². The average molecular weight is 403 g/mol. The highest BCUT2D eigenvalue weighted by Gasteiger charge is 2.21. The van der Waals surface area contributed by atoms with Crippen LogP contribution >= 0.6 is 0 Å². The number of carbonyl (C=O) groups excluding carboxylic acids is 1. The number of hydrogen-bond donors (Lipinski definition) is 2. The summed E-state index contributed by atoms with van der Waals surface area (Å²) in [6, 6.07) is 8.15. The Morgan fingerprint density at radius 2 is 2.24 bits per heavy atom. The molecule has 29 heavy (non-hydrogen) atoms. The van der Waals surface area contributed by atoms with Gasteiger partial charge in [0.15, 0.2) is 5.96 Å². The molecule has 2 aliphatic rings. The lowest BCUT2D eigenvalue weighted by Crippen LogP contribution is -2.41. The maximum Gasteiger partial charge on any atom is 0.248 e. The zero-order chi connectivity index (χ0) is 20.3. The lowest BCUT2D eigenvalue weighted by molar-refractivity contribution is -0.117. The van der Waals surface area contributed by atoms with Gasteiger partial charge in [-0.1, -0.05) is 18.2 Å². The maximum atomic E-state index is 12.7. The normalized spacial score (nSPS) is 19.1. The van der Waals surface area contributed by atoms with Crippen LogP contribution in [0.3, 0.4) is 0 Å². The highest BCUT2D eigenvalue weighted by atomic mass is 16.5. The van der Waals surface area contributed by atoms with Crippen LogP contribution in [-0.2, 0) is 20.7 Å². The van der Waals surface area contributed by atoms with Gasteiger partial charge in [-0.2, -0.15) is 0 Å². The topological polar surface area (TPSA) is 75.2 Å². The predicted octanol–water partition coefficient (Wildman–Crippen LogP) is 1.96. The number of anilines is 1. The van der Waals surface area contributed by atoms with Crippen LogP contribution in [0.15, 0.2) is 29.3 Å². The number of hydrogen-bond acceptors (Lipinski definition) is 4. The quantitative estimate of drug-likeness (QED) is 0.375. The highest BCUT2D eigenvalue weighted by molar-refractivity contribution is 5.97. The number of para-hydroxylation sites is 1. The summed E-state index contributed by atoms with van der Waals surface area (Å²) in [5.74, 6) is 1.26. The van der Waals surface area contributed by atoms with Crippen LogP contribution in [0.25, 0.3) is 0 Å². The molecular formula is C22H34N4O3. The molecule has 2 N–H and O–H groups in total. The van der Waals surface area contributed by atoms with E-state index in [-0.39, 0.29) is 12.5 Å². The third kappa shape index (κ3) is 6.72. The summed E-state index contributed by atoms with van der Waals surface area (Å²) in [5, 5.41) is 6.50. The summed E-state index contributed by atoms with van der Waals surface area (Å²) in [6.45, 7) is 7.61. The van der Waals surface area contributed by atoms with Gasteiger partial charge in [0.25, 0.3) is 0 Å². The van der Waals surface area contributed by atoms with Crippen LogP contribution in [0.1, 0.15) is 31.7 Å². The van der Waals surface area contributed by atoms with Crippen molar-refractivity contribution in [3.05, 3.63) is 29.8 Å². The number of aliphatic imine (C=N–C) groups is 1. The fourth-order valence-corrected chi connectivity index (χ4v) is 3.71. The standard InChI is InChI=1S/C22H34N4O3/c1-2-23-22(24-11-6-13-28-16-18-10-14-29-17-18)25-15-21(27)26-12-5-8-19-7-3-4-9-20(19)26/h3-4,7,9,18H,2,5-6,8,10-17H2,1H3,(H2,23,24,25). The van der Waals surface area contributed by atoms with Gasteiger partial charge >= 0.3 is 0 Å². The molecule has 3 rings (SSSR count). The Bertz CT molecular complexity index is 674. The fourth-order valence-electron chi connectivity index (χ4n) is 3.71. The van der Waals surface area contributed by atoms with Gasteiger partial charge in [-0.3, -0.25) is 4.79 Å². The smallest absolute Gasteiger partial charge is 0.248 e. The molecule has 0 spiro atoms. The SMILES string of the molecule is CCNC(=NCC(=O)N1CCCc2ccccc21)NCCCOCC1CCOC1. The van der Waals surface area contributed by atoms with Crippen LogP contribution in [0.2, 0.25) is 0 Å². The Kier molecular flexibility index (Phi) is 8.77. The summed E-state index contributed by atoms with van der Waals surface area (Å²) in [7, 11) is 0. The van der Waals surface area contributed by atoms with Crippen LogP contribution < -0.4 is 15.5 Å². The molecule has 1 fully saturated rings. The largest absolute Gasteiger partial charge is 0.381 e. The van der Waals surface area contributed by atoms with Gasteiger partial charge in [0, 0.05) is 44.5 Å². The molecule has 0 radical (unpaired) electrons. The molecule has 0 saturated carbocycles. The Hall–Kier alpha value is -2.12. The monoisotopic (exact) mass is 402 g/mol. The zero-order valence-corrected chi connectivity index (χ0v) is 17.5. The fraction of sp³-hybridized carbons (Fsp3) is 0.636. The van der Waals surface area contributed by atoms with Gasteiger partial charge < -0.3 is 25.0 Å². The van der Waals surface area contributed by atoms with Crippen molar-refractivity contribution in [2.75, 3.05) is 57.5 Å². The van der Waals surface area contributed by atoms with E-state index in [4.69, 9.17) is 9.47 Å². The number of nitrogens with one attached hydrogen (secondary N) is 2. The van der Waals surface area contributed by atoms with Crippen LogP contribution in [0.4, 0.5) is 5.69 Å². The number of benzene rings is 1. The van der Waals surface area contributed by atoms with Crippen molar-refractivity contribution < 1.29 is 14.3 Å². The molecule has 160 valence electrons. The lowest BCUT2D eigenvalue weighted by atomic mass is 10.0. The van der Waals surface area contributed by atoms with E-state index in [0.29, 0.717) is 18.5 Å². The summed E-state index contributed by atoms with van der Waals surface area (Å²) >= 11 is 0. The summed E-state index contributed by atoms with van der Waals surface area (Å²) in [6.07, 6.45) is 4.03. The summed E-state index contributed by atoms with van der Waals surface area (Å²) in [5.41, 5.74) is 2.27. The van der Waals surface area contributed by atoms with Crippen molar-refractivity contribution in [2.45, 2.75) is 32.6 Å². The van der Waals surface area contributed by atoms with Crippen molar-refractivity contribution in [3.63, 3.8) is 0 Å². The third-order valence-electron chi connectivity index (χ3n) is 5.26. The first-order valence-corrected chi connectivity index (χ1v) is 10.8. The molecule has 0 aliphatic carbocycles. The second-order valence-electron chi connectivity index (χ2n) is 7.56. The van der Waals surface area contributed by atoms with Gasteiger partial charge in [0.1, 0.15) is 6.54 Å². The third-order valence-corrected chi connectivity index (χ3v) is 5.26. The van der Waals surface area contributed by atoms with Gasteiger partial charge in [0.2, 0.25) is 5.91 Å². The first-order valence-electron chi connectivity index (χ1n) is 10.8. The molecule has 0 aromatic heterocycles. The number of carbonyl (C=O) groups is 1. The van der Waals surface area contributed by atoms with Crippen molar-refractivity contribution in [1.29, 1.82) is 0 Å². The molecule has 1 aromatic carbocycles. The molecule has 1 saturated heterocycles. The number of aryl methyl sites for hydroxylation is 1. The Morgan fingerprint density at radius 3 is 3.07 bits per heavy atom. The summed E-state index contributed by atoms with van der Waals surface area (Å²) in [4.78, 5) is 19.1. The average Bonchev–Trinajstić information content (AvgIpc) is 3.27. The van der Waals surface area contributed by atoms with Crippen LogP contribution in [0, 0.1) is 5.92 Å². The van der Waals surface area contributed by atoms with Gasteiger partial charge in [-0.15, -0.1) is 0 Å². The van der Waals surface area contributed by atoms with Gasteiger partial charge in [-0.25, -0.2) is 4.99 Å². The van der Waals surface area contributed by atoms with Gasteiger partial charge in [0.05, 0.1) is 13.2 Å². The number of guanidine groups is 1. The number of amides is 1. The predicted molar refractivity (Wildman–Crippen MR) is 115 cm³/mol. The summed E-state index contributed by atoms with van der Waals surface area (Å²) < 4.78 is 11.1. The lowest BCUT2D eigenvalue weighted by Gasteiger charge is -2.29. The molecule has 1 unspecified atom stereocenters. The van der Waals surface area contributed by atoms with E-state index in [2.05, 4.69) is 21.7 Å². The van der Waals surface area contributed by atoms with E-state index in [9.17, 15) is 4.79 Å². The number of fused-ring (bicyclic) bond motifs is 1. The minimum atomic E-state index is 0.0384. The molecule has 7 heteroatoms. The van der Waals surface area contributed by atoms with E-state index >= 15 is 0 Å². The molecular weight excluding hydrogens is 368 g/mol. The molecule has 2 aliphatic heterocycles. The number of ether oxygens (including phenoxy) is 2. The van der Waals surface area contributed by atoms with E-state index in [1.54, 1.807) is 0 Å². The Labute approximate surface area is 173 Å². The van der Waals surface area contributed by atoms with E-state index in [0.717, 1.165) is 70.8 Å². The highest BCUT2D eigenvalue weighted by Crippen LogP contribution is 2.26. The van der Waals surface area contributed by atoms with E-state index in [1.165, 1.54) is 5.56 Å². The minimum Gasteiger partial charge on any atom is -0.381 e. The molecule has 1 aromatic rings. The van der Waals surface area contributed by atoms with Gasteiger partial charge in [-0.05, 0) is 44.2 Å². The van der Waals surface area contributed by atoms with Crippen molar-refractivity contribution >= 4 is 17.6 Å². The Morgan fingerprint density at radius 1 is 1.34 bits per heavy atom.